The molecule has 0 unspecified atom stereocenters. The number of pyridine rings is 1. The van der Waals surface area contributed by atoms with Crippen molar-refractivity contribution in [1.29, 1.82) is 0 Å². The number of hydrogen-bond acceptors (Lipinski definition) is 5. The van der Waals surface area contributed by atoms with Crippen molar-refractivity contribution < 1.29 is 9.53 Å². The Kier molecular flexibility index (Phi) is 8.00. The molecular weight excluding hydrogens is 530 g/mol. The maximum Gasteiger partial charge on any atom is 0.266 e. The Morgan fingerprint density at radius 1 is 1.05 bits per heavy atom. The molecule has 1 fully saturated rings. The maximum absolute atomic E-state index is 14.3. The second-order valence-corrected chi connectivity index (χ2v) is 11.1. The van der Waals surface area contributed by atoms with Crippen LogP contribution >= 0.6 is 22.9 Å². The van der Waals surface area contributed by atoms with Gasteiger partial charge in [0.05, 0.1) is 35.3 Å². The van der Waals surface area contributed by atoms with Crippen LogP contribution in [0, 0.1) is 0 Å². The molecule has 0 N–H and O–H groups in total. The Balaban J connectivity index is 1.77. The fourth-order valence-corrected chi connectivity index (χ4v) is 5.80. The molecule has 0 aliphatic carbocycles. The van der Waals surface area contributed by atoms with E-state index in [1.807, 2.05) is 78.7 Å². The molecule has 0 saturated carbocycles. The van der Waals surface area contributed by atoms with Crippen molar-refractivity contribution in [3.63, 3.8) is 0 Å². The van der Waals surface area contributed by atoms with E-state index in [0.717, 1.165) is 36.1 Å². The minimum atomic E-state index is -0.265. The van der Waals surface area contributed by atoms with Gasteiger partial charge in [0.25, 0.3) is 11.5 Å². The molecule has 1 aliphatic rings. The number of benzene rings is 2. The van der Waals surface area contributed by atoms with Crippen LogP contribution in [0.4, 0.5) is 0 Å². The molecule has 1 aliphatic heterocycles. The number of aromatic nitrogens is 2. The highest BCUT2D eigenvalue weighted by Crippen LogP contribution is 2.32. The highest BCUT2D eigenvalue weighted by molar-refractivity contribution is 7.13. The van der Waals surface area contributed by atoms with E-state index in [-0.39, 0.29) is 11.5 Å². The van der Waals surface area contributed by atoms with Crippen LogP contribution < -0.4 is 10.3 Å². The van der Waals surface area contributed by atoms with Gasteiger partial charge in [-0.15, -0.1) is 11.3 Å². The first-order valence-corrected chi connectivity index (χ1v) is 14.2. The van der Waals surface area contributed by atoms with Gasteiger partial charge in [0.2, 0.25) is 0 Å². The first-order chi connectivity index (χ1) is 18.9. The van der Waals surface area contributed by atoms with Gasteiger partial charge in [0.1, 0.15) is 10.8 Å². The zero-order chi connectivity index (χ0) is 27.5. The molecular formula is C31H30ClN3O3S. The molecule has 1 amide bonds. The second-order valence-electron chi connectivity index (χ2n) is 9.79. The smallest absolute Gasteiger partial charge is 0.266 e. The number of piperidine rings is 1. The van der Waals surface area contributed by atoms with E-state index in [4.69, 9.17) is 21.3 Å². The predicted molar refractivity (Wildman–Crippen MR) is 159 cm³/mol. The Hall–Kier alpha value is -3.68. The molecule has 5 rings (SSSR count). The SMILES string of the molecule is COc1ccccc1-n1c(C=C(C)C)c(C(=O)N2CCCCC2)cc(-c2nc(-c3ccc(Cl)cc3)cs2)c1=O. The molecule has 4 aromatic rings. The number of nitrogens with zero attached hydrogens (tertiary/aromatic N) is 3. The van der Waals surface area contributed by atoms with Crippen molar-refractivity contribution in [1.82, 2.24) is 14.5 Å². The lowest BCUT2D eigenvalue weighted by molar-refractivity contribution is 0.0723. The Labute approximate surface area is 237 Å². The van der Waals surface area contributed by atoms with E-state index in [1.54, 1.807) is 17.7 Å². The summed E-state index contributed by atoms with van der Waals surface area (Å²) < 4.78 is 7.25. The van der Waals surface area contributed by atoms with Gasteiger partial charge in [-0.2, -0.15) is 0 Å². The van der Waals surface area contributed by atoms with Gasteiger partial charge in [0.15, 0.2) is 0 Å². The van der Waals surface area contributed by atoms with Crippen LogP contribution in [0.3, 0.4) is 0 Å². The van der Waals surface area contributed by atoms with Gasteiger partial charge in [0, 0.05) is 29.1 Å². The Morgan fingerprint density at radius 3 is 2.46 bits per heavy atom. The Morgan fingerprint density at radius 2 is 1.77 bits per heavy atom. The number of thiazole rings is 1. The van der Waals surface area contributed by atoms with E-state index in [0.29, 0.717) is 51.4 Å². The van der Waals surface area contributed by atoms with Crippen LogP contribution in [-0.4, -0.2) is 40.6 Å². The molecule has 6 nitrogen and oxygen atoms in total. The summed E-state index contributed by atoms with van der Waals surface area (Å²) in [6.45, 7) is 5.32. The third-order valence-corrected chi connectivity index (χ3v) is 7.87. The van der Waals surface area contributed by atoms with Crippen LogP contribution in [0.15, 0.2) is 70.3 Å². The molecule has 0 radical (unpaired) electrons. The van der Waals surface area contributed by atoms with Crippen molar-refractivity contribution in [2.75, 3.05) is 20.2 Å². The monoisotopic (exact) mass is 559 g/mol. The molecule has 0 bridgehead atoms. The molecule has 1 saturated heterocycles. The maximum atomic E-state index is 14.3. The van der Waals surface area contributed by atoms with Crippen molar-refractivity contribution in [3.8, 4) is 33.3 Å². The number of ether oxygens (including phenoxy) is 1. The number of halogens is 1. The van der Waals surface area contributed by atoms with Crippen molar-refractivity contribution >= 4 is 34.9 Å². The van der Waals surface area contributed by atoms with Gasteiger partial charge in [-0.1, -0.05) is 41.4 Å². The van der Waals surface area contributed by atoms with Gasteiger partial charge in [-0.25, -0.2) is 4.98 Å². The highest BCUT2D eigenvalue weighted by Gasteiger charge is 2.27. The molecule has 2 aromatic heterocycles. The standard InChI is InChI=1S/C31H30ClN3O3S/c1-20(2)17-27-23(30(36)34-15-7-4-8-16-34)18-24(31(37)35(27)26-9-5-6-10-28(26)38-3)29-33-25(19-39-29)21-11-13-22(32)14-12-21/h5-6,9-14,17-19H,4,7-8,15-16H2,1-3H3. The van der Waals surface area contributed by atoms with Crippen LogP contribution in [0.5, 0.6) is 5.75 Å². The third-order valence-electron chi connectivity index (χ3n) is 6.74. The Bertz CT molecular complexity index is 1590. The molecule has 3 heterocycles. The average Bonchev–Trinajstić information content (AvgIpc) is 3.44. The van der Waals surface area contributed by atoms with E-state index in [2.05, 4.69) is 0 Å². The largest absolute Gasteiger partial charge is 0.495 e. The van der Waals surface area contributed by atoms with Gasteiger partial charge in [-0.05, 0) is 69.5 Å². The minimum absolute atomic E-state index is 0.0819. The number of allylic oxidation sites excluding steroid dienone is 1. The van der Waals surface area contributed by atoms with E-state index >= 15 is 0 Å². The number of methoxy groups -OCH3 is 1. The van der Waals surface area contributed by atoms with Gasteiger partial charge < -0.3 is 9.64 Å². The number of carbonyl (C=O) groups excluding carboxylic acids is 1. The summed E-state index contributed by atoms with van der Waals surface area (Å²) in [4.78, 5) is 35.0. The molecule has 200 valence electrons. The first kappa shape index (κ1) is 26.9. The number of hydrogen-bond donors (Lipinski definition) is 0. The van der Waals surface area contributed by atoms with E-state index in [1.165, 1.54) is 11.3 Å². The predicted octanol–water partition coefficient (Wildman–Crippen LogP) is 7.34. The zero-order valence-electron chi connectivity index (χ0n) is 22.2. The average molecular weight is 560 g/mol. The van der Waals surface area contributed by atoms with Crippen molar-refractivity contribution in [2.45, 2.75) is 33.1 Å². The lowest BCUT2D eigenvalue weighted by Crippen LogP contribution is -2.37. The highest BCUT2D eigenvalue weighted by atomic mass is 35.5. The molecule has 39 heavy (non-hydrogen) atoms. The molecule has 0 spiro atoms. The third kappa shape index (κ3) is 5.56. The lowest BCUT2D eigenvalue weighted by Gasteiger charge is -2.28. The van der Waals surface area contributed by atoms with Crippen LogP contribution in [-0.2, 0) is 0 Å². The van der Waals surface area contributed by atoms with E-state index < -0.39 is 0 Å². The normalized spacial score (nSPS) is 13.3. The van der Waals surface area contributed by atoms with Crippen LogP contribution in [0.2, 0.25) is 5.02 Å². The fraction of sp³-hybridized carbons (Fsp3) is 0.258. The summed E-state index contributed by atoms with van der Waals surface area (Å²) in [5.41, 5.74) is 4.31. The number of carbonyl (C=O) groups is 1. The molecule has 2 aromatic carbocycles. The van der Waals surface area contributed by atoms with Gasteiger partial charge in [-0.3, -0.25) is 14.2 Å². The summed E-state index contributed by atoms with van der Waals surface area (Å²) in [5, 5.41) is 3.11. The first-order valence-electron chi connectivity index (χ1n) is 13.0. The fourth-order valence-electron chi connectivity index (χ4n) is 4.84. The van der Waals surface area contributed by atoms with Crippen LogP contribution in [0.25, 0.3) is 33.6 Å². The number of rotatable bonds is 6. The summed E-state index contributed by atoms with van der Waals surface area (Å²) >= 11 is 7.45. The lowest BCUT2D eigenvalue weighted by atomic mass is 10.0. The number of para-hydroxylation sites is 2. The summed E-state index contributed by atoms with van der Waals surface area (Å²) in [5.74, 6) is 0.457. The zero-order valence-corrected chi connectivity index (χ0v) is 23.8. The summed E-state index contributed by atoms with van der Waals surface area (Å²) in [6, 6.07) is 16.5. The summed E-state index contributed by atoms with van der Waals surface area (Å²) in [7, 11) is 1.58. The van der Waals surface area contributed by atoms with Gasteiger partial charge >= 0.3 is 0 Å². The van der Waals surface area contributed by atoms with Crippen LogP contribution in [0.1, 0.15) is 49.2 Å². The number of likely N-dealkylation sites (tertiary alicyclic amines) is 1. The summed E-state index contributed by atoms with van der Waals surface area (Å²) in [6.07, 6.45) is 4.96. The van der Waals surface area contributed by atoms with Crippen molar-refractivity contribution in [2.24, 2.45) is 0 Å². The topological polar surface area (TPSA) is 64.4 Å². The quantitative estimate of drug-likeness (QED) is 0.248. The molecule has 0 atom stereocenters. The number of amides is 1. The minimum Gasteiger partial charge on any atom is -0.495 e. The van der Waals surface area contributed by atoms with Crippen molar-refractivity contribution in [3.05, 3.63) is 92.2 Å². The second kappa shape index (κ2) is 11.6. The van der Waals surface area contributed by atoms with E-state index in [9.17, 15) is 9.59 Å². The molecule has 8 heteroatoms.